The molecule has 1 aromatic heterocycles. The molecule has 0 spiro atoms. The summed E-state index contributed by atoms with van der Waals surface area (Å²) < 4.78 is 27.0. The van der Waals surface area contributed by atoms with Crippen molar-refractivity contribution in [2.75, 3.05) is 0 Å². The number of carboxylic acid groups (broad SMARTS) is 1. The lowest BCUT2D eigenvalue weighted by Gasteiger charge is -2.15. The van der Waals surface area contributed by atoms with E-state index in [2.05, 4.69) is 21.0 Å². The number of nitriles is 1. The highest BCUT2D eigenvalue weighted by atomic mass is 32.2. The summed E-state index contributed by atoms with van der Waals surface area (Å²) in [5.41, 5.74) is -0.386. The highest BCUT2D eigenvalue weighted by Crippen LogP contribution is 2.27. The zero-order chi connectivity index (χ0) is 14.9. The summed E-state index contributed by atoms with van der Waals surface area (Å²) >= 11 is 0. The third-order valence-corrected chi connectivity index (χ3v) is 5.00. The fourth-order valence-electron chi connectivity index (χ4n) is 2.41. The van der Waals surface area contributed by atoms with E-state index in [1.807, 2.05) is 0 Å². The Bertz CT molecular complexity index is 673. The van der Waals surface area contributed by atoms with E-state index >= 15 is 0 Å². The zero-order valence-electron chi connectivity index (χ0n) is 10.8. The minimum absolute atomic E-state index is 0.154. The van der Waals surface area contributed by atoms with Crippen molar-refractivity contribution in [3.63, 3.8) is 0 Å². The molecule has 20 heavy (non-hydrogen) atoms. The highest BCUT2D eigenvalue weighted by molar-refractivity contribution is 7.89. The molecule has 8 nitrogen and oxygen atoms in total. The van der Waals surface area contributed by atoms with Gasteiger partial charge < -0.3 is 5.11 Å². The van der Waals surface area contributed by atoms with Crippen molar-refractivity contribution in [2.24, 2.45) is 5.92 Å². The van der Waals surface area contributed by atoms with Gasteiger partial charge >= 0.3 is 5.97 Å². The number of nitrogens with zero attached hydrogens (tertiary/aromatic N) is 2. The van der Waals surface area contributed by atoms with Gasteiger partial charge in [-0.15, -0.1) is 0 Å². The predicted molar refractivity (Wildman–Crippen MR) is 67.3 cm³/mol. The van der Waals surface area contributed by atoms with Gasteiger partial charge in [-0.3, -0.25) is 5.10 Å². The molecule has 2 rings (SSSR count). The van der Waals surface area contributed by atoms with E-state index in [-0.39, 0.29) is 16.5 Å². The maximum Gasteiger partial charge on any atom is 0.357 e. The molecule has 0 bridgehead atoms. The van der Waals surface area contributed by atoms with Gasteiger partial charge in [0.2, 0.25) is 10.0 Å². The Morgan fingerprint density at radius 2 is 2.25 bits per heavy atom. The van der Waals surface area contributed by atoms with Crippen LogP contribution in [-0.2, 0) is 10.0 Å². The molecule has 2 unspecified atom stereocenters. The van der Waals surface area contributed by atoms with Gasteiger partial charge in [0.25, 0.3) is 0 Å². The van der Waals surface area contributed by atoms with E-state index in [1.54, 1.807) is 0 Å². The maximum atomic E-state index is 12.3. The van der Waals surface area contributed by atoms with Crippen molar-refractivity contribution < 1.29 is 18.3 Å². The molecule has 2 atom stereocenters. The first-order valence-corrected chi connectivity index (χ1v) is 7.55. The number of aromatic amines is 1. The molecule has 0 aliphatic heterocycles. The lowest BCUT2D eigenvalue weighted by atomic mass is 10.1. The molecule has 1 fully saturated rings. The third-order valence-electron chi connectivity index (χ3n) is 3.35. The number of hydrogen-bond acceptors (Lipinski definition) is 5. The van der Waals surface area contributed by atoms with Gasteiger partial charge in [0.1, 0.15) is 4.90 Å². The van der Waals surface area contributed by atoms with Gasteiger partial charge in [-0.1, -0.05) is 6.42 Å². The fourth-order valence-corrected chi connectivity index (χ4v) is 4.04. The van der Waals surface area contributed by atoms with Crippen LogP contribution in [0.25, 0.3) is 0 Å². The lowest BCUT2D eigenvalue weighted by Crippen LogP contribution is -2.37. The SMILES string of the molecule is Cc1[nH]nc(C(=O)O)c1S(=O)(=O)NC1CCCC1C#N. The van der Waals surface area contributed by atoms with Crippen LogP contribution in [-0.4, -0.2) is 35.7 Å². The summed E-state index contributed by atoms with van der Waals surface area (Å²) in [6.45, 7) is 1.43. The van der Waals surface area contributed by atoms with Gasteiger partial charge in [0, 0.05) is 6.04 Å². The lowest BCUT2D eigenvalue weighted by molar-refractivity contribution is 0.0686. The minimum atomic E-state index is -4.03. The van der Waals surface area contributed by atoms with E-state index in [9.17, 15) is 13.2 Å². The summed E-state index contributed by atoms with van der Waals surface area (Å²) in [6.07, 6.45) is 1.97. The number of sulfonamides is 1. The Labute approximate surface area is 115 Å². The Balaban J connectivity index is 2.34. The first kappa shape index (κ1) is 14.5. The molecule has 0 aromatic carbocycles. The van der Waals surface area contributed by atoms with Crippen LogP contribution in [0.3, 0.4) is 0 Å². The number of aromatic carboxylic acids is 1. The van der Waals surface area contributed by atoms with Gasteiger partial charge in [0.05, 0.1) is 17.7 Å². The van der Waals surface area contributed by atoms with Crippen LogP contribution < -0.4 is 4.72 Å². The zero-order valence-corrected chi connectivity index (χ0v) is 11.6. The van der Waals surface area contributed by atoms with Crippen molar-refractivity contribution in [2.45, 2.75) is 37.1 Å². The van der Waals surface area contributed by atoms with Gasteiger partial charge in [-0.2, -0.15) is 10.4 Å². The normalized spacial score (nSPS) is 22.6. The minimum Gasteiger partial charge on any atom is -0.476 e. The van der Waals surface area contributed by atoms with Crippen LogP contribution in [0.2, 0.25) is 0 Å². The van der Waals surface area contributed by atoms with Gasteiger partial charge in [-0.05, 0) is 19.8 Å². The molecule has 3 N–H and O–H groups in total. The van der Waals surface area contributed by atoms with E-state index in [0.29, 0.717) is 12.8 Å². The van der Waals surface area contributed by atoms with Crippen molar-refractivity contribution in [3.05, 3.63) is 11.4 Å². The number of hydrogen-bond donors (Lipinski definition) is 3. The van der Waals surface area contributed by atoms with Crippen LogP contribution in [0.1, 0.15) is 35.4 Å². The summed E-state index contributed by atoms with van der Waals surface area (Å²) in [4.78, 5) is 10.6. The number of aryl methyl sites for hydroxylation is 1. The van der Waals surface area contributed by atoms with Gasteiger partial charge in [-0.25, -0.2) is 17.9 Å². The molecule has 1 aliphatic rings. The van der Waals surface area contributed by atoms with Crippen LogP contribution in [0.5, 0.6) is 0 Å². The topological polar surface area (TPSA) is 136 Å². The summed E-state index contributed by atoms with van der Waals surface area (Å²) in [5.74, 6) is -1.80. The molecule has 1 aromatic rings. The molecule has 9 heteroatoms. The molecule has 1 heterocycles. The molecule has 0 amide bonds. The van der Waals surface area contributed by atoms with Crippen molar-refractivity contribution in [1.82, 2.24) is 14.9 Å². The average Bonchev–Trinajstić information content (AvgIpc) is 2.94. The van der Waals surface area contributed by atoms with Crippen molar-refractivity contribution >= 4 is 16.0 Å². The van der Waals surface area contributed by atoms with Crippen LogP contribution in [0.4, 0.5) is 0 Å². The second-order valence-corrected chi connectivity index (χ2v) is 6.38. The predicted octanol–water partition coefficient (Wildman–Crippen LogP) is 0.387. The molecule has 0 radical (unpaired) electrons. The molecule has 0 saturated heterocycles. The highest BCUT2D eigenvalue weighted by Gasteiger charge is 2.35. The van der Waals surface area contributed by atoms with E-state index in [4.69, 9.17) is 10.4 Å². The Morgan fingerprint density at radius 3 is 2.85 bits per heavy atom. The number of aromatic nitrogens is 2. The smallest absolute Gasteiger partial charge is 0.357 e. The fraction of sp³-hybridized carbons (Fsp3) is 0.545. The first-order valence-electron chi connectivity index (χ1n) is 6.07. The molecule has 108 valence electrons. The number of rotatable bonds is 4. The van der Waals surface area contributed by atoms with Crippen LogP contribution in [0, 0.1) is 24.2 Å². The summed E-state index contributed by atoms with van der Waals surface area (Å²) in [6, 6.07) is 1.58. The molecule has 1 saturated carbocycles. The van der Waals surface area contributed by atoms with Crippen molar-refractivity contribution in [1.29, 1.82) is 5.26 Å². The van der Waals surface area contributed by atoms with Crippen LogP contribution in [0.15, 0.2) is 4.90 Å². The largest absolute Gasteiger partial charge is 0.476 e. The Morgan fingerprint density at radius 1 is 1.55 bits per heavy atom. The first-order chi connectivity index (χ1) is 9.36. The number of nitrogens with one attached hydrogen (secondary N) is 2. The van der Waals surface area contributed by atoms with Crippen molar-refractivity contribution in [3.8, 4) is 6.07 Å². The Kier molecular flexibility index (Phi) is 3.78. The van der Waals surface area contributed by atoms with Crippen LogP contribution >= 0.6 is 0 Å². The number of H-pyrrole nitrogens is 1. The maximum absolute atomic E-state index is 12.3. The molecule has 1 aliphatic carbocycles. The van der Waals surface area contributed by atoms with Gasteiger partial charge in [0.15, 0.2) is 5.69 Å². The molecular formula is C11H14N4O4S. The second-order valence-electron chi connectivity index (χ2n) is 4.73. The summed E-state index contributed by atoms with van der Waals surface area (Å²) in [5, 5.41) is 23.8. The van der Waals surface area contributed by atoms with E-state index in [1.165, 1.54) is 6.92 Å². The standard InChI is InChI=1S/C11H14N4O4S/c1-6-10(9(11(16)17)14-13-6)20(18,19)15-8-4-2-3-7(8)5-12/h7-8,15H,2-4H2,1H3,(H,13,14)(H,16,17). The number of carboxylic acids is 1. The average molecular weight is 298 g/mol. The second kappa shape index (κ2) is 5.22. The summed E-state index contributed by atoms with van der Waals surface area (Å²) in [7, 11) is -4.03. The van der Waals surface area contributed by atoms with E-state index in [0.717, 1.165) is 6.42 Å². The third kappa shape index (κ3) is 2.52. The van der Waals surface area contributed by atoms with E-state index < -0.39 is 27.7 Å². The Hall–Kier alpha value is -1.92. The monoisotopic (exact) mass is 298 g/mol. The molecular weight excluding hydrogens is 284 g/mol. The quantitative estimate of drug-likeness (QED) is 0.735. The number of carbonyl (C=O) groups is 1.